The summed E-state index contributed by atoms with van der Waals surface area (Å²) in [5.74, 6) is 0.833. The maximum Gasteiger partial charge on any atom is 0.410 e. The first-order valence-electron chi connectivity index (χ1n) is 12.0. The smallest absolute Gasteiger partial charge is 0.410 e. The highest BCUT2D eigenvalue weighted by Gasteiger charge is 2.43. The Morgan fingerprint density at radius 3 is 2.50 bits per heavy atom. The zero-order chi connectivity index (χ0) is 25.3. The summed E-state index contributed by atoms with van der Waals surface area (Å²) in [6.45, 7) is 15.9. The number of amides is 1. The molecule has 2 aliphatic rings. The number of carbonyl (C=O) groups excluding carboxylic acids is 1. The van der Waals surface area contributed by atoms with Gasteiger partial charge in [0.2, 0.25) is 0 Å². The number of rotatable bonds is 2. The molecule has 2 unspecified atom stereocenters. The molecule has 2 saturated heterocycles. The molecule has 8 nitrogen and oxygen atoms in total. The Balaban J connectivity index is 0.000000970. The van der Waals surface area contributed by atoms with E-state index in [1.54, 1.807) is 29.4 Å². The summed E-state index contributed by atoms with van der Waals surface area (Å²) >= 11 is 0. The summed E-state index contributed by atoms with van der Waals surface area (Å²) in [5.41, 5.74) is 1.60. The monoisotopic (exact) mass is 467 g/mol. The topological polar surface area (TPSA) is 91.6 Å². The molecule has 2 atom stereocenters. The first-order chi connectivity index (χ1) is 16.3. The van der Waals surface area contributed by atoms with Gasteiger partial charge in [-0.25, -0.2) is 9.78 Å². The number of likely N-dealkylation sites (tertiary alicyclic amines) is 1. The molecule has 1 amide bonds. The van der Waals surface area contributed by atoms with Crippen LogP contribution < -0.4 is 4.90 Å². The van der Waals surface area contributed by atoms with Crippen LogP contribution in [0.2, 0.25) is 0 Å². The lowest BCUT2D eigenvalue weighted by Crippen LogP contribution is -2.51. The maximum atomic E-state index is 12.5. The third kappa shape index (κ3) is 6.67. The van der Waals surface area contributed by atoms with Crippen LogP contribution in [-0.2, 0) is 9.47 Å². The molecule has 0 aliphatic carbocycles. The first kappa shape index (κ1) is 27.1. The molecule has 0 N–H and O–H groups in total. The van der Waals surface area contributed by atoms with E-state index in [2.05, 4.69) is 20.9 Å². The Labute approximate surface area is 203 Å². The Hall–Kier alpha value is -3.18. The van der Waals surface area contributed by atoms with Crippen LogP contribution in [-0.4, -0.2) is 64.9 Å². The zero-order valence-corrected chi connectivity index (χ0v) is 21.4. The number of ether oxygens (including phenoxy) is 2. The predicted molar refractivity (Wildman–Crippen MR) is 134 cm³/mol. The van der Waals surface area contributed by atoms with Crippen LogP contribution in [0.1, 0.15) is 54.0 Å². The second-order valence-corrected chi connectivity index (χ2v) is 8.50. The molecule has 2 aliphatic heterocycles. The molecule has 4 heterocycles. The molecule has 2 fully saturated rings. The number of anilines is 1. The van der Waals surface area contributed by atoms with Crippen LogP contribution >= 0.6 is 0 Å². The highest BCUT2D eigenvalue weighted by molar-refractivity contribution is 5.69. The molecule has 4 rings (SSSR count). The van der Waals surface area contributed by atoms with E-state index in [0.29, 0.717) is 37.5 Å². The van der Waals surface area contributed by atoms with Gasteiger partial charge in [-0.2, -0.15) is 5.26 Å². The van der Waals surface area contributed by atoms with Gasteiger partial charge in [-0.05, 0) is 45.0 Å². The summed E-state index contributed by atoms with van der Waals surface area (Å²) in [7, 11) is 0. The highest BCUT2D eigenvalue weighted by atomic mass is 16.6. The van der Waals surface area contributed by atoms with E-state index in [0.717, 1.165) is 11.4 Å². The normalized spacial score (nSPS) is 19.0. The van der Waals surface area contributed by atoms with Gasteiger partial charge in [0.25, 0.3) is 0 Å². The molecule has 8 heteroatoms. The minimum Gasteiger partial charge on any atom is -0.444 e. The van der Waals surface area contributed by atoms with E-state index < -0.39 is 5.60 Å². The van der Waals surface area contributed by atoms with Crippen molar-refractivity contribution in [2.45, 2.75) is 66.2 Å². The van der Waals surface area contributed by atoms with E-state index in [-0.39, 0.29) is 18.2 Å². The quantitative estimate of drug-likeness (QED) is 0.621. The molecule has 184 valence electrons. The number of hydrogen-bond donors (Lipinski definition) is 0. The lowest BCUT2D eigenvalue weighted by Gasteiger charge is -2.37. The first-order valence-corrected chi connectivity index (χ1v) is 12.0. The SMILES string of the molecule is CC.CC.CC(C)(C)OC(=O)N1CC2OCCN(c3ccc(-c4cc(C#N)ccn4)cn3)C2C1. The van der Waals surface area contributed by atoms with Crippen molar-refractivity contribution in [2.24, 2.45) is 0 Å². The minimum absolute atomic E-state index is 0.0321. The summed E-state index contributed by atoms with van der Waals surface area (Å²) in [4.78, 5) is 25.4. The number of morpholine rings is 1. The molecule has 2 aromatic rings. The van der Waals surface area contributed by atoms with Gasteiger partial charge in [0.15, 0.2) is 0 Å². The van der Waals surface area contributed by atoms with Crippen molar-refractivity contribution < 1.29 is 14.3 Å². The largest absolute Gasteiger partial charge is 0.444 e. The number of carbonyl (C=O) groups is 1. The van der Waals surface area contributed by atoms with Crippen molar-refractivity contribution in [1.29, 1.82) is 5.26 Å². The van der Waals surface area contributed by atoms with E-state index in [1.165, 1.54) is 0 Å². The molecular formula is C26H37N5O3. The van der Waals surface area contributed by atoms with E-state index >= 15 is 0 Å². The van der Waals surface area contributed by atoms with E-state index in [4.69, 9.17) is 14.7 Å². The van der Waals surface area contributed by atoms with Crippen LogP contribution in [0.3, 0.4) is 0 Å². The average molecular weight is 468 g/mol. The summed E-state index contributed by atoms with van der Waals surface area (Å²) in [6, 6.07) is 9.49. The molecule has 0 aromatic carbocycles. The third-order valence-electron chi connectivity index (χ3n) is 5.18. The van der Waals surface area contributed by atoms with Crippen molar-refractivity contribution in [1.82, 2.24) is 14.9 Å². The second kappa shape index (κ2) is 12.3. The van der Waals surface area contributed by atoms with Gasteiger partial charge < -0.3 is 19.3 Å². The van der Waals surface area contributed by atoms with Crippen LogP contribution in [0.4, 0.5) is 10.6 Å². The molecule has 0 radical (unpaired) electrons. The average Bonchev–Trinajstić information content (AvgIpc) is 3.31. The molecule has 0 spiro atoms. The molecule has 2 aromatic heterocycles. The van der Waals surface area contributed by atoms with Gasteiger partial charge >= 0.3 is 6.09 Å². The van der Waals surface area contributed by atoms with Gasteiger partial charge in [0, 0.05) is 31.0 Å². The molecular weight excluding hydrogens is 430 g/mol. The Bertz CT molecular complexity index is 966. The van der Waals surface area contributed by atoms with Gasteiger partial charge in [-0.3, -0.25) is 4.98 Å². The number of nitrogens with zero attached hydrogens (tertiary/aromatic N) is 5. The number of pyridine rings is 2. The molecule has 0 bridgehead atoms. The fourth-order valence-electron chi connectivity index (χ4n) is 3.81. The van der Waals surface area contributed by atoms with Crippen LogP contribution in [0.15, 0.2) is 36.7 Å². The third-order valence-corrected chi connectivity index (χ3v) is 5.18. The number of fused-ring (bicyclic) bond motifs is 1. The van der Waals surface area contributed by atoms with Crippen LogP contribution in [0.25, 0.3) is 11.3 Å². The van der Waals surface area contributed by atoms with Crippen molar-refractivity contribution >= 4 is 11.9 Å². The van der Waals surface area contributed by atoms with Crippen LogP contribution in [0, 0.1) is 11.3 Å². The Morgan fingerprint density at radius 1 is 1.15 bits per heavy atom. The lowest BCUT2D eigenvalue weighted by molar-refractivity contribution is 0.0162. The van der Waals surface area contributed by atoms with Crippen molar-refractivity contribution in [3.63, 3.8) is 0 Å². The lowest BCUT2D eigenvalue weighted by atomic mass is 10.1. The number of aromatic nitrogens is 2. The standard InChI is InChI=1S/C22H25N5O3.2C2H6/c1-22(2,3)30-21(28)26-13-18-19(14-26)29-9-8-27(18)20-5-4-16(12-25-20)17-10-15(11-23)6-7-24-17;2*1-2/h4-7,10,12,18-19H,8-9,13-14H2,1-3H3;2*1-2H3. The van der Waals surface area contributed by atoms with Gasteiger partial charge in [0.1, 0.15) is 11.4 Å². The summed E-state index contributed by atoms with van der Waals surface area (Å²) < 4.78 is 11.4. The fourth-order valence-corrected chi connectivity index (χ4v) is 3.81. The predicted octanol–water partition coefficient (Wildman–Crippen LogP) is 4.89. The van der Waals surface area contributed by atoms with Crippen molar-refractivity contribution in [3.8, 4) is 17.3 Å². The second-order valence-electron chi connectivity index (χ2n) is 8.50. The fraction of sp³-hybridized carbons (Fsp3) is 0.538. The summed E-state index contributed by atoms with van der Waals surface area (Å²) in [6.07, 6.45) is 3.01. The molecule has 34 heavy (non-hydrogen) atoms. The van der Waals surface area contributed by atoms with Gasteiger partial charge in [-0.15, -0.1) is 0 Å². The zero-order valence-electron chi connectivity index (χ0n) is 21.4. The molecule has 0 saturated carbocycles. The summed E-state index contributed by atoms with van der Waals surface area (Å²) in [5, 5.41) is 9.08. The van der Waals surface area contributed by atoms with Crippen LogP contribution in [0.5, 0.6) is 0 Å². The van der Waals surface area contributed by atoms with E-state index in [1.807, 2.05) is 60.6 Å². The van der Waals surface area contributed by atoms with Crippen molar-refractivity contribution in [2.75, 3.05) is 31.1 Å². The highest BCUT2D eigenvalue weighted by Crippen LogP contribution is 2.29. The maximum absolute atomic E-state index is 12.5. The minimum atomic E-state index is -0.528. The Morgan fingerprint density at radius 2 is 1.88 bits per heavy atom. The Kier molecular flexibility index (Phi) is 9.82. The number of hydrogen-bond acceptors (Lipinski definition) is 7. The van der Waals surface area contributed by atoms with E-state index in [9.17, 15) is 4.79 Å². The van der Waals surface area contributed by atoms with Crippen molar-refractivity contribution in [3.05, 3.63) is 42.2 Å². The number of nitriles is 1. The van der Waals surface area contributed by atoms with Gasteiger partial charge in [0.05, 0.1) is 42.6 Å². The van der Waals surface area contributed by atoms with Gasteiger partial charge in [-0.1, -0.05) is 27.7 Å².